The van der Waals surface area contributed by atoms with E-state index in [1.165, 1.54) is 45.2 Å². The number of hydrogen-bond acceptors (Lipinski definition) is 4. The van der Waals surface area contributed by atoms with Crippen LogP contribution in [0.15, 0.2) is 0 Å². The van der Waals surface area contributed by atoms with Gasteiger partial charge in [-0.25, -0.2) is 0 Å². The average Bonchev–Trinajstić information content (AvgIpc) is 2.62. The third-order valence-electron chi connectivity index (χ3n) is 5.34. The van der Waals surface area contributed by atoms with E-state index >= 15 is 0 Å². The van der Waals surface area contributed by atoms with Crippen molar-refractivity contribution in [2.45, 2.75) is 51.0 Å². The largest absolute Gasteiger partial charge is 0.465 e. The fraction of sp³-hybridized carbons (Fsp3) is 0.941. The molecule has 3 aliphatic rings. The Balaban J connectivity index is 0.000000847. The summed E-state index contributed by atoms with van der Waals surface area (Å²) in [4.78, 5) is 16.7. The highest BCUT2D eigenvalue weighted by Crippen LogP contribution is 2.31. The molecular formula is C17H31IN2O2. The number of nitrogens with one attached hydrogen (secondary N) is 1. The van der Waals surface area contributed by atoms with Crippen molar-refractivity contribution in [3.05, 3.63) is 0 Å². The van der Waals surface area contributed by atoms with Gasteiger partial charge in [0, 0.05) is 12.0 Å². The SMILES string of the molecule is CI.O=C(OCC1CCCN2CCCCC12)C1CCNCC1. The molecule has 0 bridgehead atoms. The van der Waals surface area contributed by atoms with Gasteiger partial charge in [0.1, 0.15) is 0 Å². The molecule has 0 radical (unpaired) electrons. The predicted octanol–water partition coefficient (Wildman–Crippen LogP) is 2.84. The molecule has 22 heavy (non-hydrogen) atoms. The van der Waals surface area contributed by atoms with Crippen LogP contribution in [0.1, 0.15) is 44.9 Å². The molecule has 2 atom stereocenters. The summed E-state index contributed by atoms with van der Waals surface area (Å²) in [5.41, 5.74) is 0. The molecule has 0 spiro atoms. The molecule has 3 heterocycles. The molecule has 3 saturated heterocycles. The normalized spacial score (nSPS) is 29.9. The number of rotatable bonds is 3. The fourth-order valence-corrected chi connectivity index (χ4v) is 4.14. The number of carbonyl (C=O) groups is 1. The number of fused-ring (bicyclic) bond motifs is 1. The molecule has 4 nitrogen and oxygen atoms in total. The van der Waals surface area contributed by atoms with Gasteiger partial charge in [0.05, 0.1) is 12.5 Å². The first-order valence-corrected chi connectivity index (χ1v) is 11.0. The minimum absolute atomic E-state index is 0.0550. The van der Waals surface area contributed by atoms with Crippen molar-refractivity contribution in [2.75, 3.05) is 37.7 Å². The summed E-state index contributed by atoms with van der Waals surface area (Å²) in [5, 5.41) is 3.30. The monoisotopic (exact) mass is 422 g/mol. The quantitative estimate of drug-likeness (QED) is 0.432. The highest BCUT2D eigenvalue weighted by Gasteiger charge is 2.34. The molecule has 3 aliphatic heterocycles. The third kappa shape index (κ3) is 5.06. The van der Waals surface area contributed by atoms with Gasteiger partial charge in [-0.05, 0) is 69.6 Å². The Morgan fingerprint density at radius 3 is 2.59 bits per heavy atom. The van der Waals surface area contributed by atoms with Crippen molar-refractivity contribution in [1.82, 2.24) is 10.2 Å². The maximum atomic E-state index is 12.1. The number of hydrogen-bond donors (Lipinski definition) is 1. The van der Waals surface area contributed by atoms with E-state index in [4.69, 9.17) is 4.74 Å². The molecule has 0 aromatic heterocycles. The summed E-state index contributed by atoms with van der Waals surface area (Å²) in [6, 6.07) is 0.679. The number of carbonyl (C=O) groups excluding carboxylic acids is 1. The fourth-order valence-electron chi connectivity index (χ4n) is 4.14. The average molecular weight is 422 g/mol. The minimum atomic E-state index is 0.0550. The molecule has 1 N–H and O–H groups in total. The van der Waals surface area contributed by atoms with Crippen molar-refractivity contribution < 1.29 is 9.53 Å². The number of halogens is 1. The van der Waals surface area contributed by atoms with E-state index in [0.29, 0.717) is 18.6 Å². The van der Waals surface area contributed by atoms with Crippen LogP contribution < -0.4 is 5.32 Å². The second-order valence-corrected chi connectivity index (χ2v) is 6.66. The first-order chi connectivity index (χ1) is 10.8. The first kappa shape index (κ1) is 18.5. The lowest BCUT2D eigenvalue weighted by atomic mass is 9.84. The van der Waals surface area contributed by atoms with Crippen LogP contribution >= 0.6 is 22.6 Å². The van der Waals surface area contributed by atoms with Gasteiger partial charge >= 0.3 is 5.97 Å². The van der Waals surface area contributed by atoms with E-state index < -0.39 is 0 Å². The highest BCUT2D eigenvalue weighted by molar-refractivity contribution is 14.1. The van der Waals surface area contributed by atoms with Crippen molar-refractivity contribution in [1.29, 1.82) is 0 Å². The van der Waals surface area contributed by atoms with Gasteiger partial charge in [0.25, 0.3) is 0 Å². The molecule has 0 saturated carbocycles. The summed E-state index contributed by atoms with van der Waals surface area (Å²) < 4.78 is 5.68. The standard InChI is InChI=1S/C16H28N2O2.CH3I/c19-16(13-6-8-17-9-7-13)20-12-14-4-3-11-18-10-2-1-5-15(14)18;1-2/h13-15,17H,1-12H2;1H3. The van der Waals surface area contributed by atoms with E-state index in [2.05, 4.69) is 32.8 Å². The Labute approximate surface area is 148 Å². The van der Waals surface area contributed by atoms with Crippen LogP contribution in [0.5, 0.6) is 0 Å². The number of nitrogens with zero attached hydrogens (tertiary/aromatic N) is 1. The zero-order chi connectivity index (χ0) is 15.8. The summed E-state index contributed by atoms with van der Waals surface area (Å²) in [6.45, 7) is 5.08. The second kappa shape index (κ2) is 10.1. The number of esters is 1. The molecule has 3 rings (SSSR count). The molecule has 0 amide bonds. The lowest BCUT2D eigenvalue weighted by molar-refractivity contribution is -0.152. The Morgan fingerprint density at radius 2 is 1.82 bits per heavy atom. The van der Waals surface area contributed by atoms with Crippen LogP contribution in [0.3, 0.4) is 0 Å². The molecule has 2 unspecified atom stereocenters. The van der Waals surface area contributed by atoms with E-state index in [9.17, 15) is 4.79 Å². The Hall–Kier alpha value is 0.120. The van der Waals surface area contributed by atoms with E-state index in [0.717, 1.165) is 25.9 Å². The van der Waals surface area contributed by atoms with Crippen molar-refractivity contribution in [2.24, 2.45) is 11.8 Å². The Bertz CT molecular complexity index is 333. The predicted molar refractivity (Wildman–Crippen MR) is 98.4 cm³/mol. The molecule has 128 valence electrons. The summed E-state index contributed by atoms with van der Waals surface area (Å²) in [5.74, 6) is 0.774. The molecular weight excluding hydrogens is 391 g/mol. The maximum absolute atomic E-state index is 12.1. The second-order valence-electron chi connectivity index (χ2n) is 6.66. The Morgan fingerprint density at radius 1 is 1.09 bits per heavy atom. The van der Waals surface area contributed by atoms with Crippen LogP contribution in [0, 0.1) is 11.8 Å². The third-order valence-corrected chi connectivity index (χ3v) is 5.34. The van der Waals surface area contributed by atoms with Crippen LogP contribution in [0.2, 0.25) is 0 Å². The number of alkyl halides is 1. The van der Waals surface area contributed by atoms with Gasteiger partial charge < -0.3 is 10.1 Å². The van der Waals surface area contributed by atoms with Gasteiger partial charge in [-0.3, -0.25) is 9.69 Å². The zero-order valence-corrected chi connectivity index (χ0v) is 16.0. The lowest BCUT2D eigenvalue weighted by Crippen LogP contribution is -2.49. The topological polar surface area (TPSA) is 41.6 Å². The smallest absolute Gasteiger partial charge is 0.309 e. The number of ether oxygens (including phenoxy) is 1. The first-order valence-electron chi connectivity index (χ1n) is 8.84. The zero-order valence-electron chi connectivity index (χ0n) is 13.9. The van der Waals surface area contributed by atoms with E-state index in [1.807, 2.05) is 4.93 Å². The number of piperidine rings is 3. The van der Waals surface area contributed by atoms with Crippen LogP contribution in [0.25, 0.3) is 0 Å². The molecule has 5 heteroatoms. The highest BCUT2D eigenvalue weighted by atomic mass is 127. The molecule has 0 aliphatic carbocycles. The van der Waals surface area contributed by atoms with Gasteiger partial charge in [-0.2, -0.15) is 0 Å². The van der Waals surface area contributed by atoms with Crippen LogP contribution in [0.4, 0.5) is 0 Å². The summed E-state index contributed by atoms with van der Waals surface area (Å²) >= 11 is 2.15. The molecule has 0 aromatic rings. The van der Waals surface area contributed by atoms with E-state index in [1.54, 1.807) is 0 Å². The van der Waals surface area contributed by atoms with Gasteiger partial charge in [-0.1, -0.05) is 29.0 Å². The van der Waals surface area contributed by atoms with Gasteiger partial charge in [0.2, 0.25) is 0 Å². The van der Waals surface area contributed by atoms with Crippen molar-refractivity contribution >= 4 is 28.6 Å². The van der Waals surface area contributed by atoms with Gasteiger partial charge in [0.15, 0.2) is 0 Å². The maximum Gasteiger partial charge on any atom is 0.309 e. The molecule has 3 fully saturated rings. The van der Waals surface area contributed by atoms with Crippen LogP contribution in [-0.4, -0.2) is 54.6 Å². The minimum Gasteiger partial charge on any atom is -0.465 e. The van der Waals surface area contributed by atoms with Crippen molar-refractivity contribution in [3.63, 3.8) is 0 Å². The lowest BCUT2D eigenvalue weighted by Gasteiger charge is -2.44. The van der Waals surface area contributed by atoms with Crippen LogP contribution in [-0.2, 0) is 9.53 Å². The van der Waals surface area contributed by atoms with Gasteiger partial charge in [-0.15, -0.1) is 0 Å². The molecule has 0 aromatic carbocycles. The summed E-state index contributed by atoms with van der Waals surface area (Å²) in [7, 11) is 0. The van der Waals surface area contributed by atoms with E-state index in [-0.39, 0.29) is 11.9 Å². The Kier molecular flexibility index (Phi) is 8.46. The summed E-state index contributed by atoms with van der Waals surface area (Å²) in [6.07, 6.45) is 8.39. The van der Waals surface area contributed by atoms with Crippen molar-refractivity contribution in [3.8, 4) is 0 Å².